The first kappa shape index (κ1) is 23.8. The molecule has 1 aromatic heterocycles. The minimum Gasteiger partial charge on any atom is -0.471 e. The van der Waals surface area contributed by atoms with Crippen LogP contribution in [0.3, 0.4) is 0 Å². The van der Waals surface area contributed by atoms with Gasteiger partial charge in [0, 0.05) is 24.9 Å². The summed E-state index contributed by atoms with van der Waals surface area (Å²) in [7, 11) is 0. The molecule has 1 amide bonds. The van der Waals surface area contributed by atoms with Crippen molar-refractivity contribution in [1.82, 2.24) is 14.9 Å². The van der Waals surface area contributed by atoms with Gasteiger partial charge in [-0.15, -0.1) is 0 Å². The number of halogens is 2. The van der Waals surface area contributed by atoms with E-state index in [1.807, 2.05) is 12.1 Å². The van der Waals surface area contributed by atoms with Crippen LogP contribution in [0.4, 0.5) is 20.7 Å². The van der Waals surface area contributed by atoms with Crippen LogP contribution >= 0.6 is 11.6 Å². The van der Waals surface area contributed by atoms with Gasteiger partial charge in [0.2, 0.25) is 5.82 Å². The number of fused-ring (bicyclic) bond motifs is 2. The van der Waals surface area contributed by atoms with Gasteiger partial charge in [-0.3, -0.25) is 0 Å². The lowest BCUT2D eigenvalue weighted by molar-refractivity contribution is -0.108. The Kier molecular flexibility index (Phi) is 6.84. The normalized spacial score (nSPS) is 20.8. The molecule has 2 aliphatic heterocycles. The first-order valence-electron chi connectivity index (χ1n) is 11.2. The quantitative estimate of drug-likeness (QED) is 0.538. The Morgan fingerprint density at radius 2 is 1.92 bits per heavy atom. The van der Waals surface area contributed by atoms with E-state index in [4.69, 9.17) is 31.1 Å². The molecule has 5 rings (SSSR count). The van der Waals surface area contributed by atoms with E-state index >= 15 is 4.39 Å². The van der Waals surface area contributed by atoms with E-state index in [-0.39, 0.29) is 28.6 Å². The molecule has 2 aromatic carbocycles. The number of rotatable bonds is 5. The molecule has 9 nitrogen and oxygen atoms in total. The summed E-state index contributed by atoms with van der Waals surface area (Å²) in [6, 6.07) is 15.4. The van der Waals surface area contributed by atoms with Gasteiger partial charge in [-0.05, 0) is 30.3 Å². The Hall–Kier alpha value is -3.94. The van der Waals surface area contributed by atoms with E-state index in [9.17, 15) is 4.79 Å². The lowest BCUT2D eigenvalue weighted by Crippen LogP contribution is -2.59. The third-order valence-corrected chi connectivity index (χ3v) is 6.38. The predicted octanol–water partition coefficient (Wildman–Crippen LogP) is 4.41. The van der Waals surface area contributed by atoms with Gasteiger partial charge in [-0.1, -0.05) is 29.8 Å². The van der Waals surface area contributed by atoms with Gasteiger partial charge in [0.15, 0.2) is 5.82 Å². The van der Waals surface area contributed by atoms with Crippen LogP contribution in [-0.4, -0.2) is 53.4 Å². The van der Waals surface area contributed by atoms with Gasteiger partial charge >= 0.3 is 6.09 Å². The zero-order chi connectivity index (χ0) is 25.1. The number of nitrogens with zero attached hydrogens (tertiary/aromatic N) is 4. The average Bonchev–Trinajstić information content (AvgIpc) is 2.87. The maximum atomic E-state index is 15.3. The van der Waals surface area contributed by atoms with E-state index < -0.39 is 18.0 Å². The topological polar surface area (TPSA) is 110 Å². The molecular weight excluding hydrogens is 489 g/mol. The van der Waals surface area contributed by atoms with E-state index in [1.165, 1.54) is 12.4 Å². The fourth-order valence-electron chi connectivity index (χ4n) is 4.36. The first-order valence-corrected chi connectivity index (χ1v) is 11.6. The van der Waals surface area contributed by atoms with Crippen LogP contribution < -0.4 is 14.8 Å². The SMILES string of the molecule is N#Cc1ccc(Nc2ncnc(OC3C4COCC3CN(C(=O)Oc3ccccc3)C4)c2F)c(Cl)c1. The van der Waals surface area contributed by atoms with Crippen molar-refractivity contribution in [3.63, 3.8) is 0 Å². The molecule has 2 fully saturated rings. The van der Waals surface area contributed by atoms with Gasteiger partial charge in [-0.2, -0.15) is 14.6 Å². The van der Waals surface area contributed by atoms with Crippen molar-refractivity contribution in [2.45, 2.75) is 6.10 Å². The zero-order valence-electron chi connectivity index (χ0n) is 18.9. The van der Waals surface area contributed by atoms with Crippen molar-refractivity contribution in [3.05, 3.63) is 71.3 Å². The molecule has 2 unspecified atom stereocenters. The molecular formula is C25H21ClFN5O4. The number of aromatic nitrogens is 2. The smallest absolute Gasteiger partial charge is 0.415 e. The van der Waals surface area contributed by atoms with Gasteiger partial charge in [0.25, 0.3) is 5.88 Å². The van der Waals surface area contributed by atoms with Crippen molar-refractivity contribution in [3.8, 4) is 17.7 Å². The van der Waals surface area contributed by atoms with Gasteiger partial charge in [0.1, 0.15) is 18.2 Å². The number of nitrogens with one attached hydrogen (secondary N) is 1. The summed E-state index contributed by atoms with van der Waals surface area (Å²) < 4.78 is 32.5. The van der Waals surface area contributed by atoms with Crippen LogP contribution in [0, 0.1) is 29.0 Å². The molecule has 3 aromatic rings. The monoisotopic (exact) mass is 509 g/mol. The fraction of sp³-hybridized carbons (Fsp3) is 0.280. The van der Waals surface area contributed by atoms with Crippen LogP contribution in [0.25, 0.3) is 0 Å². The predicted molar refractivity (Wildman–Crippen MR) is 128 cm³/mol. The molecule has 2 atom stereocenters. The highest BCUT2D eigenvalue weighted by Crippen LogP contribution is 2.34. The van der Waals surface area contributed by atoms with E-state index in [0.29, 0.717) is 43.3 Å². The van der Waals surface area contributed by atoms with Crippen molar-refractivity contribution < 1.29 is 23.4 Å². The number of hydrogen-bond donors (Lipinski definition) is 1. The van der Waals surface area contributed by atoms with E-state index in [2.05, 4.69) is 15.3 Å². The Labute approximate surface area is 211 Å². The number of carbonyl (C=O) groups excluding carboxylic acids is 1. The molecule has 2 aliphatic rings. The van der Waals surface area contributed by atoms with Crippen LogP contribution in [0.1, 0.15) is 5.56 Å². The maximum absolute atomic E-state index is 15.3. The highest BCUT2D eigenvalue weighted by atomic mass is 35.5. The zero-order valence-corrected chi connectivity index (χ0v) is 19.7. The number of hydrogen-bond acceptors (Lipinski definition) is 8. The molecule has 184 valence electrons. The summed E-state index contributed by atoms with van der Waals surface area (Å²) >= 11 is 6.19. The highest BCUT2D eigenvalue weighted by Gasteiger charge is 2.44. The van der Waals surface area contributed by atoms with Crippen LogP contribution in [0.5, 0.6) is 11.6 Å². The largest absolute Gasteiger partial charge is 0.471 e. The maximum Gasteiger partial charge on any atom is 0.415 e. The van der Waals surface area contributed by atoms with Gasteiger partial charge in [0.05, 0.1) is 35.6 Å². The van der Waals surface area contributed by atoms with Crippen LogP contribution in [-0.2, 0) is 4.74 Å². The highest BCUT2D eigenvalue weighted by molar-refractivity contribution is 6.33. The molecule has 36 heavy (non-hydrogen) atoms. The van der Waals surface area contributed by atoms with E-state index in [0.717, 1.165) is 0 Å². The number of carbonyl (C=O) groups is 1. The van der Waals surface area contributed by atoms with Crippen LogP contribution in [0.2, 0.25) is 5.02 Å². The number of amides is 1. The van der Waals surface area contributed by atoms with E-state index in [1.54, 1.807) is 41.3 Å². The number of likely N-dealkylation sites (tertiary alicyclic amines) is 1. The number of anilines is 2. The first-order chi connectivity index (χ1) is 17.5. The molecule has 2 saturated heterocycles. The number of nitriles is 1. The average molecular weight is 510 g/mol. The number of ether oxygens (including phenoxy) is 3. The second-order valence-corrected chi connectivity index (χ2v) is 8.91. The Bertz CT molecular complexity index is 1290. The molecule has 2 bridgehead atoms. The summed E-state index contributed by atoms with van der Waals surface area (Å²) in [6.07, 6.45) is 0.336. The van der Waals surface area contributed by atoms with Gasteiger partial charge < -0.3 is 24.4 Å². The second-order valence-electron chi connectivity index (χ2n) is 8.50. The lowest BCUT2D eigenvalue weighted by Gasteiger charge is -2.45. The number of para-hydroxylation sites is 1. The van der Waals surface area contributed by atoms with Crippen molar-refractivity contribution in [1.29, 1.82) is 5.26 Å². The number of piperidine rings is 1. The molecule has 1 N–H and O–H groups in total. The summed E-state index contributed by atoms with van der Waals surface area (Å²) in [5.74, 6) is -1.02. The minimum absolute atomic E-state index is 0.114. The summed E-state index contributed by atoms with van der Waals surface area (Å²) in [4.78, 5) is 22.3. The summed E-state index contributed by atoms with van der Waals surface area (Å²) in [5.41, 5.74) is 0.764. The molecule has 11 heteroatoms. The van der Waals surface area contributed by atoms with Crippen LogP contribution in [0.15, 0.2) is 54.9 Å². The molecule has 0 aliphatic carbocycles. The standard InChI is InChI=1S/C25H21ClFN5O4/c26-19-8-15(9-28)6-7-20(19)31-23-21(27)24(30-14-29-23)36-22-16-10-32(11-17(22)13-34-12-16)25(33)35-18-4-2-1-3-5-18/h1-8,14,16-17,22H,10-13H2,(H,29,30,31). The third kappa shape index (κ3) is 5.03. The molecule has 3 heterocycles. The molecule has 0 radical (unpaired) electrons. The lowest BCUT2D eigenvalue weighted by atomic mass is 9.84. The summed E-state index contributed by atoms with van der Waals surface area (Å²) in [5, 5.41) is 12.1. The Balaban J connectivity index is 1.29. The Morgan fingerprint density at radius 1 is 1.17 bits per heavy atom. The molecule has 0 spiro atoms. The number of benzene rings is 2. The summed E-state index contributed by atoms with van der Waals surface area (Å²) in [6.45, 7) is 1.39. The van der Waals surface area contributed by atoms with Gasteiger partial charge in [-0.25, -0.2) is 9.78 Å². The third-order valence-electron chi connectivity index (χ3n) is 6.07. The Morgan fingerprint density at radius 3 is 2.61 bits per heavy atom. The van der Waals surface area contributed by atoms with Crippen molar-refractivity contribution in [2.24, 2.45) is 11.8 Å². The fourth-order valence-corrected chi connectivity index (χ4v) is 4.59. The second kappa shape index (κ2) is 10.4. The van der Waals surface area contributed by atoms with Crippen molar-refractivity contribution in [2.75, 3.05) is 31.6 Å². The molecule has 0 saturated carbocycles. The minimum atomic E-state index is -0.775. The van der Waals surface area contributed by atoms with Crippen molar-refractivity contribution >= 4 is 29.2 Å².